The van der Waals surface area contributed by atoms with Crippen LogP contribution in [0.25, 0.3) is 11.0 Å². The van der Waals surface area contributed by atoms with Gasteiger partial charge in [-0.05, 0) is 40.8 Å². The molecular weight excluding hydrogens is 331 g/mol. The highest BCUT2D eigenvalue weighted by molar-refractivity contribution is 9.10. The maximum absolute atomic E-state index is 13.6. The van der Waals surface area contributed by atoms with E-state index in [1.807, 2.05) is 6.07 Å². The van der Waals surface area contributed by atoms with Gasteiger partial charge in [0.1, 0.15) is 11.6 Å². The first-order chi connectivity index (χ1) is 9.15. The van der Waals surface area contributed by atoms with Crippen LogP contribution in [0.1, 0.15) is 38.1 Å². The molecule has 1 aromatic heterocycles. The topological polar surface area (TPSA) is 17.8 Å². The Bertz CT molecular complexity index is 625. The number of alkyl halides is 1. The lowest BCUT2D eigenvalue weighted by molar-refractivity contribution is 0.605. The third-order valence-electron chi connectivity index (χ3n) is 3.80. The van der Waals surface area contributed by atoms with Gasteiger partial charge in [0.25, 0.3) is 0 Å². The van der Waals surface area contributed by atoms with Gasteiger partial charge in [0.15, 0.2) is 0 Å². The Hall–Kier alpha value is -0.610. The van der Waals surface area contributed by atoms with E-state index in [4.69, 9.17) is 11.6 Å². The summed E-state index contributed by atoms with van der Waals surface area (Å²) in [6.45, 7) is 2.20. The molecule has 2 aromatic rings. The second kappa shape index (κ2) is 5.06. The second-order valence-corrected chi connectivity index (χ2v) is 6.26. The van der Waals surface area contributed by atoms with Crippen molar-refractivity contribution in [3.05, 3.63) is 28.2 Å². The highest BCUT2D eigenvalue weighted by Gasteiger charge is 2.39. The highest BCUT2D eigenvalue weighted by Crippen LogP contribution is 2.48. The number of benzene rings is 1. The first kappa shape index (κ1) is 13.4. The van der Waals surface area contributed by atoms with Crippen LogP contribution in [0.3, 0.4) is 0 Å². The molecule has 1 aliphatic carbocycles. The van der Waals surface area contributed by atoms with Gasteiger partial charge in [-0.1, -0.05) is 13.3 Å². The first-order valence-electron chi connectivity index (χ1n) is 6.57. The molecule has 5 heteroatoms. The van der Waals surface area contributed by atoms with Gasteiger partial charge >= 0.3 is 0 Å². The molecule has 19 heavy (non-hydrogen) atoms. The minimum absolute atomic E-state index is 0.279. The molecule has 1 fully saturated rings. The molecule has 0 bridgehead atoms. The monoisotopic (exact) mass is 344 g/mol. The molecule has 2 nitrogen and oxygen atoms in total. The average molecular weight is 346 g/mol. The molecule has 0 saturated heterocycles. The summed E-state index contributed by atoms with van der Waals surface area (Å²) in [5.41, 5.74) is 1.67. The average Bonchev–Trinajstić information content (AvgIpc) is 3.04. The number of aromatic nitrogens is 2. The third kappa shape index (κ3) is 2.29. The Kier molecular flexibility index (Phi) is 3.56. The Labute approximate surface area is 125 Å². The van der Waals surface area contributed by atoms with E-state index in [1.165, 1.54) is 25.3 Å². The predicted molar refractivity (Wildman–Crippen MR) is 79.0 cm³/mol. The van der Waals surface area contributed by atoms with E-state index in [2.05, 4.69) is 32.4 Å². The minimum atomic E-state index is -0.279. The number of fused-ring (bicyclic) bond motifs is 1. The number of hydrogen-bond donors (Lipinski definition) is 0. The van der Waals surface area contributed by atoms with Gasteiger partial charge in [0.2, 0.25) is 0 Å². The zero-order valence-electron chi connectivity index (χ0n) is 10.7. The summed E-state index contributed by atoms with van der Waals surface area (Å²) in [6.07, 6.45) is 3.61. The van der Waals surface area contributed by atoms with Crippen LogP contribution in [-0.4, -0.2) is 9.55 Å². The molecule has 0 spiro atoms. The largest absolute Gasteiger partial charge is 0.324 e. The van der Waals surface area contributed by atoms with E-state index in [0.29, 0.717) is 27.8 Å². The van der Waals surface area contributed by atoms with E-state index < -0.39 is 0 Å². The smallest absolute Gasteiger partial charge is 0.139 e. The number of halogens is 3. The quantitative estimate of drug-likeness (QED) is 0.710. The van der Waals surface area contributed by atoms with Crippen molar-refractivity contribution in [3.8, 4) is 0 Å². The lowest BCUT2D eigenvalue weighted by Gasteiger charge is -2.07. The maximum Gasteiger partial charge on any atom is 0.139 e. The molecule has 1 aliphatic rings. The molecule has 2 unspecified atom stereocenters. The van der Waals surface area contributed by atoms with Crippen molar-refractivity contribution >= 4 is 38.6 Å². The summed E-state index contributed by atoms with van der Waals surface area (Å²) in [5, 5.41) is 0. The van der Waals surface area contributed by atoms with Gasteiger partial charge in [-0.2, -0.15) is 0 Å². The SMILES string of the molecule is CCCC1CC1n1c(CCl)nc2cc(F)c(Br)cc21. The van der Waals surface area contributed by atoms with Gasteiger partial charge < -0.3 is 4.57 Å². The number of rotatable bonds is 4. The van der Waals surface area contributed by atoms with E-state index in [0.717, 1.165) is 11.3 Å². The van der Waals surface area contributed by atoms with Crippen LogP contribution >= 0.6 is 27.5 Å². The standard InChI is InChI=1S/C14H15BrClFN2/c1-2-3-8-4-12(8)19-13-5-9(15)10(17)6-11(13)18-14(19)7-16/h5-6,8,12H,2-4,7H2,1H3. The van der Waals surface area contributed by atoms with Crippen molar-refractivity contribution in [2.75, 3.05) is 0 Å². The van der Waals surface area contributed by atoms with Crippen molar-refractivity contribution < 1.29 is 4.39 Å². The molecule has 102 valence electrons. The summed E-state index contributed by atoms with van der Waals surface area (Å²) >= 11 is 9.24. The lowest BCUT2D eigenvalue weighted by Crippen LogP contribution is -2.01. The fourth-order valence-corrected chi connectivity index (χ4v) is 3.35. The molecular formula is C14H15BrClFN2. The third-order valence-corrected chi connectivity index (χ3v) is 4.65. The van der Waals surface area contributed by atoms with Crippen LogP contribution in [0, 0.1) is 11.7 Å². The van der Waals surface area contributed by atoms with Gasteiger partial charge in [-0.25, -0.2) is 9.37 Å². The molecule has 1 saturated carbocycles. The van der Waals surface area contributed by atoms with E-state index in [1.54, 1.807) is 0 Å². The zero-order chi connectivity index (χ0) is 13.6. The van der Waals surface area contributed by atoms with Crippen LogP contribution in [0.2, 0.25) is 0 Å². The molecule has 0 aliphatic heterocycles. The van der Waals surface area contributed by atoms with Crippen molar-refractivity contribution in [2.24, 2.45) is 5.92 Å². The number of nitrogens with zero attached hydrogens (tertiary/aromatic N) is 2. The van der Waals surface area contributed by atoms with Crippen molar-refractivity contribution in [2.45, 2.75) is 38.1 Å². The Morgan fingerprint density at radius 2 is 2.32 bits per heavy atom. The van der Waals surface area contributed by atoms with Crippen molar-refractivity contribution in [1.82, 2.24) is 9.55 Å². The molecule has 1 aromatic carbocycles. The van der Waals surface area contributed by atoms with Gasteiger partial charge in [0, 0.05) is 12.1 Å². The zero-order valence-corrected chi connectivity index (χ0v) is 13.0. The first-order valence-corrected chi connectivity index (χ1v) is 7.90. The maximum atomic E-state index is 13.6. The fraction of sp³-hybridized carbons (Fsp3) is 0.500. The summed E-state index contributed by atoms with van der Waals surface area (Å²) in [7, 11) is 0. The summed E-state index contributed by atoms with van der Waals surface area (Å²) in [4.78, 5) is 4.46. The van der Waals surface area contributed by atoms with Crippen LogP contribution in [0.15, 0.2) is 16.6 Å². The van der Waals surface area contributed by atoms with E-state index in [9.17, 15) is 4.39 Å². The Morgan fingerprint density at radius 1 is 1.53 bits per heavy atom. The minimum Gasteiger partial charge on any atom is -0.324 e. The summed E-state index contributed by atoms with van der Waals surface area (Å²) in [5.74, 6) is 1.65. The Morgan fingerprint density at radius 3 is 3.00 bits per heavy atom. The highest BCUT2D eigenvalue weighted by atomic mass is 79.9. The van der Waals surface area contributed by atoms with E-state index in [-0.39, 0.29) is 5.82 Å². The predicted octanol–water partition coefficient (Wildman–Crippen LogP) is 5.04. The molecule has 3 rings (SSSR count). The lowest BCUT2D eigenvalue weighted by atomic mass is 10.2. The van der Waals surface area contributed by atoms with Gasteiger partial charge in [0.05, 0.1) is 21.4 Å². The van der Waals surface area contributed by atoms with Crippen molar-refractivity contribution in [1.29, 1.82) is 0 Å². The molecule has 0 amide bonds. The summed E-state index contributed by atoms with van der Waals surface area (Å²) in [6, 6.07) is 3.77. The van der Waals surface area contributed by atoms with Gasteiger partial charge in [-0.3, -0.25) is 0 Å². The molecule has 2 atom stereocenters. The normalized spacial score (nSPS) is 22.1. The number of hydrogen-bond acceptors (Lipinski definition) is 1. The number of imidazole rings is 1. The molecule has 0 N–H and O–H groups in total. The van der Waals surface area contributed by atoms with Crippen LogP contribution < -0.4 is 0 Å². The fourth-order valence-electron chi connectivity index (χ4n) is 2.83. The van der Waals surface area contributed by atoms with E-state index >= 15 is 0 Å². The molecule has 0 radical (unpaired) electrons. The van der Waals surface area contributed by atoms with Crippen LogP contribution in [0.5, 0.6) is 0 Å². The van der Waals surface area contributed by atoms with Crippen molar-refractivity contribution in [3.63, 3.8) is 0 Å². The summed E-state index contributed by atoms with van der Waals surface area (Å²) < 4.78 is 16.3. The van der Waals surface area contributed by atoms with Crippen LogP contribution in [0.4, 0.5) is 4.39 Å². The Balaban J connectivity index is 2.09. The van der Waals surface area contributed by atoms with Gasteiger partial charge in [-0.15, -0.1) is 11.6 Å². The molecule has 1 heterocycles. The second-order valence-electron chi connectivity index (χ2n) is 5.14. The van der Waals surface area contributed by atoms with Crippen LogP contribution in [-0.2, 0) is 5.88 Å².